The molecule has 3 unspecified atom stereocenters. The lowest BCUT2D eigenvalue weighted by molar-refractivity contribution is -0.132. The van der Waals surface area contributed by atoms with Gasteiger partial charge in [-0.25, -0.2) is 0 Å². The monoisotopic (exact) mass is 743 g/mol. The first-order valence-corrected chi connectivity index (χ1v) is 18.2. The summed E-state index contributed by atoms with van der Waals surface area (Å²) in [7, 11) is 3.52. The summed E-state index contributed by atoms with van der Waals surface area (Å²) in [5.41, 5.74) is 18.1. The molecule has 10 N–H and O–H groups in total. The lowest BCUT2D eigenvalue weighted by Crippen LogP contribution is -2.57. The first-order valence-electron chi connectivity index (χ1n) is 18.2. The number of methoxy groups -OCH3 is 1. The third kappa shape index (κ3) is 23.3. The van der Waals surface area contributed by atoms with Crippen molar-refractivity contribution in [1.82, 2.24) is 20.9 Å². The average Bonchev–Trinajstić information content (AvgIpc) is 3.50. The smallest absolute Gasteiger partial charge is 0.243 e. The zero-order valence-electron chi connectivity index (χ0n) is 32.3. The zero-order chi connectivity index (χ0) is 40.1. The summed E-state index contributed by atoms with van der Waals surface area (Å²) in [6, 6.07) is 16.1. The van der Waals surface area contributed by atoms with Gasteiger partial charge in [-0.05, 0) is 56.3 Å². The Morgan fingerprint density at radius 2 is 1.51 bits per heavy atom. The van der Waals surface area contributed by atoms with Crippen LogP contribution in [0.4, 0.5) is 0 Å². The van der Waals surface area contributed by atoms with Crippen molar-refractivity contribution in [3.05, 3.63) is 71.8 Å². The van der Waals surface area contributed by atoms with Crippen LogP contribution in [0.3, 0.4) is 0 Å². The highest BCUT2D eigenvalue weighted by molar-refractivity contribution is 5.93. The number of likely N-dealkylation sites (N-methyl/N-ethyl adjacent to an activating group) is 1. The number of amides is 3. The number of unbranched alkanes of at least 4 members (excludes halogenated alkanes) is 1. The molecule has 3 rings (SSSR count). The number of aliphatic hydroxyl groups is 1. The predicted molar refractivity (Wildman–Crippen MR) is 209 cm³/mol. The number of nitrogens with zero attached hydrogens (tertiary/aromatic N) is 1. The molecule has 4 atom stereocenters. The lowest BCUT2D eigenvalue weighted by Gasteiger charge is -2.25. The van der Waals surface area contributed by atoms with E-state index in [9.17, 15) is 24.0 Å². The second-order valence-electron chi connectivity index (χ2n) is 13.3. The molecule has 2 aromatic rings. The van der Waals surface area contributed by atoms with Crippen LogP contribution >= 0.6 is 0 Å². The van der Waals surface area contributed by atoms with Crippen molar-refractivity contribution in [3.8, 4) is 0 Å². The minimum Gasteiger partial charge on any atom is -0.394 e. The van der Waals surface area contributed by atoms with Crippen LogP contribution in [0, 0.1) is 5.92 Å². The van der Waals surface area contributed by atoms with Gasteiger partial charge in [-0.15, -0.1) is 0 Å². The van der Waals surface area contributed by atoms with E-state index in [1.165, 1.54) is 12.8 Å². The number of aliphatic hydroxyl groups excluding tert-OH is 1. The third-order valence-corrected chi connectivity index (χ3v) is 7.86. The number of benzene rings is 2. The van der Waals surface area contributed by atoms with Gasteiger partial charge in [-0.3, -0.25) is 14.4 Å². The van der Waals surface area contributed by atoms with Gasteiger partial charge in [-0.2, -0.15) is 0 Å². The van der Waals surface area contributed by atoms with Gasteiger partial charge in [0.25, 0.3) is 0 Å². The molecule has 0 aliphatic carbocycles. The molecule has 1 fully saturated rings. The molecule has 1 saturated heterocycles. The Hall–Kier alpha value is -4.05. The zero-order valence-corrected chi connectivity index (χ0v) is 32.3. The molecule has 298 valence electrons. The summed E-state index contributed by atoms with van der Waals surface area (Å²) in [6.07, 6.45) is 5.58. The van der Waals surface area contributed by atoms with Crippen LogP contribution < -0.4 is 33.2 Å². The fourth-order valence-electron chi connectivity index (χ4n) is 4.99. The van der Waals surface area contributed by atoms with E-state index in [0.717, 1.165) is 36.9 Å². The van der Waals surface area contributed by atoms with Gasteiger partial charge >= 0.3 is 0 Å². The van der Waals surface area contributed by atoms with Gasteiger partial charge in [0.2, 0.25) is 17.7 Å². The minimum absolute atomic E-state index is 0.119. The normalized spacial score (nSPS) is 16.5. The number of hydrogen-bond donors (Lipinski definition) is 7. The van der Waals surface area contributed by atoms with E-state index in [0.29, 0.717) is 32.3 Å². The fourth-order valence-corrected chi connectivity index (χ4v) is 4.99. The molecule has 1 heterocycles. The molecular weight excluding hydrogens is 678 g/mol. The van der Waals surface area contributed by atoms with E-state index < -0.39 is 41.4 Å². The Morgan fingerprint density at radius 1 is 0.943 bits per heavy atom. The first-order chi connectivity index (χ1) is 25.3. The number of nitrogens with one attached hydrogen (secondary N) is 3. The molecule has 0 spiro atoms. The van der Waals surface area contributed by atoms with Crippen molar-refractivity contribution in [2.75, 3.05) is 53.6 Å². The Balaban J connectivity index is 0.00000115. The number of nitrogens with two attached hydrogens (primary N) is 3. The maximum Gasteiger partial charge on any atom is 0.243 e. The van der Waals surface area contributed by atoms with Gasteiger partial charge in [0, 0.05) is 26.6 Å². The summed E-state index contributed by atoms with van der Waals surface area (Å²) >= 11 is 0. The molecule has 14 heteroatoms. The number of hydrogen-bond acceptors (Lipinski definition) is 11. The maximum atomic E-state index is 13.2. The van der Waals surface area contributed by atoms with Crippen molar-refractivity contribution < 1.29 is 33.8 Å². The van der Waals surface area contributed by atoms with Crippen LogP contribution in [0.15, 0.2) is 60.7 Å². The molecule has 0 aromatic heterocycles. The number of likely N-dealkylation sites (tertiary alicyclic amines) is 1. The molecule has 0 saturated carbocycles. The molecular formula is C39H65N7O7. The number of ether oxygens (including phenoxy) is 1. The standard InChI is InChI=1S/C26H34N4O4.C6H12N2O.C4H11N.C3H8O2/c1-18(2)15-22(25(33)28-13-14-31)30-26(34)23(17-20-11-7-4-8-12-20)29-24(32)21(27)16-19-9-5-3-6-10-19;1-8-3-2-6(7,4-8)5-9;1-2-3-4-5;1-5-3-2-4/h3-12,14,18,21-23H,13,15-17,27H2,1-2H3,(H,28,33)(H,29,32)(H,30,34);5H,2-4,7H2,1H3;2-5H2,1H3;4H,2-3H2,1H3/t21?,22?,23-;;;/m1.../s1. The minimum atomic E-state index is -0.926. The van der Waals surface area contributed by atoms with E-state index in [-0.39, 0.29) is 25.5 Å². The predicted octanol–water partition coefficient (Wildman–Crippen LogP) is 0.719. The molecule has 3 amide bonds. The van der Waals surface area contributed by atoms with Crippen LogP contribution in [0.2, 0.25) is 0 Å². The van der Waals surface area contributed by atoms with Crippen LogP contribution in [0.1, 0.15) is 57.6 Å². The van der Waals surface area contributed by atoms with Crippen molar-refractivity contribution in [2.45, 2.75) is 83.0 Å². The number of rotatable bonds is 18. The van der Waals surface area contributed by atoms with Gasteiger partial charge in [0.1, 0.15) is 24.7 Å². The largest absolute Gasteiger partial charge is 0.394 e. The summed E-state index contributed by atoms with van der Waals surface area (Å²) in [5, 5.41) is 15.9. The second-order valence-corrected chi connectivity index (χ2v) is 13.3. The van der Waals surface area contributed by atoms with E-state index in [4.69, 9.17) is 22.3 Å². The second kappa shape index (κ2) is 29.4. The van der Waals surface area contributed by atoms with Crippen molar-refractivity contribution in [1.29, 1.82) is 0 Å². The highest BCUT2D eigenvalue weighted by Gasteiger charge is 2.32. The van der Waals surface area contributed by atoms with Crippen molar-refractivity contribution in [2.24, 2.45) is 23.1 Å². The molecule has 53 heavy (non-hydrogen) atoms. The highest BCUT2D eigenvalue weighted by atomic mass is 16.5. The highest BCUT2D eigenvalue weighted by Crippen LogP contribution is 2.13. The molecule has 2 aromatic carbocycles. The molecule has 0 bridgehead atoms. The Labute approximate surface area is 315 Å². The van der Waals surface area contributed by atoms with E-state index >= 15 is 0 Å². The van der Waals surface area contributed by atoms with Crippen LogP contribution in [0.5, 0.6) is 0 Å². The lowest BCUT2D eigenvalue weighted by atomic mass is 10.0. The molecule has 1 aliphatic rings. The van der Waals surface area contributed by atoms with E-state index in [1.54, 1.807) is 7.11 Å². The summed E-state index contributed by atoms with van der Waals surface area (Å²) < 4.78 is 4.44. The van der Waals surface area contributed by atoms with Gasteiger partial charge in [0.15, 0.2) is 0 Å². The van der Waals surface area contributed by atoms with Gasteiger partial charge in [0.05, 0.1) is 31.3 Å². The number of carbonyl (C=O) groups is 5. The Bertz CT molecular complexity index is 1280. The van der Waals surface area contributed by atoms with Crippen LogP contribution in [0.25, 0.3) is 0 Å². The number of aldehydes is 2. The molecule has 1 aliphatic heterocycles. The summed E-state index contributed by atoms with van der Waals surface area (Å²) in [5.74, 6) is -1.27. The maximum absolute atomic E-state index is 13.2. The summed E-state index contributed by atoms with van der Waals surface area (Å²) in [6.45, 7) is 8.91. The van der Waals surface area contributed by atoms with Crippen molar-refractivity contribution in [3.63, 3.8) is 0 Å². The number of carbonyl (C=O) groups excluding carboxylic acids is 5. The Morgan fingerprint density at radius 3 is 1.89 bits per heavy atom. The van der Waals surface area contributed by atoms with Gasteiger partial charge < -0.3 is 57.5 Å². The third-order valence-electron chi connectivity index (χ3n) is 7.86. The molecule has 0 radical (unpaired) electrons. The first kappa shape index (κ1) is 49.0. The topological polar surface area (TPSA) is 232 Å². The summed E-state index contributed by atoms with van der Waals surface area (Å²) in [4.78, 5) is 61.6. The van der Waals surface area contributed by atoms with E-state index in [1.807, 2.05) is 81.6 Å². The van der Waals surface area contributed by atoms with Crippen molar-refractivity contribution >= 4 is 30.3 Å². The molecule has 14 nitrogen and oxygen atoms in total. The van der Waals surface area contributed by atoms with Crippen LogP contribution in [-0.2, 0) is 41.6 Å². The average molecular weight is 744 g/mol. The van der Waals surface area contributed by atoms with E-state index in [2.05, 4.69) is 32.5 Å². The SMILES string of the molecule is CC(C)CC(NC(=O)[C@@H](Cc1ccccc1)NC(=O)C(N)Cc1ccccc1)C(=O)NCC=O.CCCCN.CN1CCC(N)(C=O)C1.COCCO. The fraction of sp³-hybridized carbons (Fsp3) is 0.564. The Kier molecular flexibility index (Phi) is 27.2. The van der Waals surface area contributed by atoms with Gasteiger partial charge in [-0.1, -0.05) is 87.9 Å². The van der Waals surface area contributed by atoms with Crippen LogP contribution in [-0.4, -0.2) is 118 Å². The quantitative estimate of drug-likeness (QED) is 0.105.